The van der Waals surface area contributed by atoms with Gasteiger partial charge in [-0.15, -0.1) is 0 Å². The van der Waals surface area contributed by atoms with Crippen LogP contribution in [-0.2, 0) is 11.2 Å². The summed E-state index contributed by atoms with van der Waals surface area (Å²) in [5.41, 5.74) is 8.71. The third kappa shape index (κ3) is 4.41. The van der Waals surface area contributed by atoms with E-state index < -0.39 is 0 Å². The van der Waals surface area contributed by atoms with Gasteiger partial charge in [-0.05, 0) is 36.1 Å². The Labute approximate surface area is 144 Å². The van der Waals surface area contributed by atoms with Gasteiger partial charge in [0.05, 0.1) is 0 Å². The predicted octanol–water partition coefficient (Wildman–Crippen LogP) is 2.72. The molecule has 23 heavy (non-hydrogen) atoms. The SMILES string of the molecule is O=C(NCCc1ccccc1)C1CC(c2ccc(Br)cc2)NN1. The molecule has 1 saturated heterocycles. The summed E-state index contributed by atoms with van der Waals surface area (Å²) in [6, 6.07) is 18.3. The normalized spacial score (nSPS) is 20.4. The third-order valence-electron chi connectivity index (χ3n) is 4.05. The Kier molecular flexibility index (Phi) is 5.43. The van der Waals surface area contributed by atoms with Crippen molar-refractivity contribution in [2.24, 2.45) is 0 Å². The first-order valence-corrected chi connectivity index (χ1v) is 8.60. The molecule has 2 atom stereocenters. The van der Waals surface area contributed by atoms with Crippen molar-refractivity contribution in [3.05, 3.63) is 70.2 Å². The van der Waals surface area contributed by atoms with E-state index in [0.29, 0.717) is 6.54 Å². The summed E-state index contributed by atoms with van der Waals surface area (Å²) >= 11 is 3.44. The second kappa shape index (κ2) is 7.73. The molecule has 0 aliphatic carbocycles. The van der Waals surface area contributed by atoms with Crippen LogP contribution in [0.1, 0.15) is 23.6 Å². The van der Waals surface area contributed by atoms with Crippen LogP contribution < -0.4 is 16.2 Å². The van der Waals surface area contributed by atoms with Crippen molar-refractivity contribution in [2.75, 3.05) is 6.54 Å². The van der Waals surface area contributed by atoms with E-state index in [4.69, 9.17) is 0 Å². The van der Waals surface area contributed by atoms with Crippen LogP contribution in [0.15, 0.2) is 59.1 Å². The fraction of sp³-hybridized carbons (Fsp3) is 0.278. The van der Waals surface area contributed by atoms with Crippen LogP contribution in [0.2, 0.25) is 0 Å². The van der Waals surface area contributed by atoms with Crippen molar-refractivity contribution < 1.29 is 4.79 Å². The van der Waals surface area contributed by atoms with E-state index in [0.717, 1.165) is 17.3 Å². The van der Waals surface area contributed by atoms with Gasteiger partial charge in [0, 0.05) is 17.1 Å². The van der Waals surface area contributed by atoms with Crippen LogP contribution in [0, 0.1) is 0 Å². The van der Waals surface area contributed by atoms with E-state index in [2.05, 4.69) is 56.4 Å². The van der Waals surface area contributed by atoms with Crippen molar-refractivity contribution >= 4 is 21.8 Å². The summed E-state index contributed by atoms with van der Waals surface area (Å²) in [7, 11) is 0. The minimum atomic E-state index is -0.195. The lowest BCUT2D eigenvalue weighted by molar-refractivity contribution is -0.122. The maximum atomic E-state index is 12.2. The van der Waals surface area contributed by atoms with Crippen molar-refractivity contribution in [1.29, 1.82) is 0 Å². The topological polar surface area (TPSA) is 53.2 Å². The number of hydrogen-bond donors (Lipinski definition) is 3. The molecule has 3 N–H and O–H groups in total. The van der Waals surface area contributed by atoms with Crippen LogP contribution >= 0.6 is 15.9 Å². The molecule has 120 valence electrons. The number of halogens is 1. The third-order valence-corrected chi connectivity index (χ3v) is 4.58. The van der Waals surface area contributed by atoms with Crippen LogP contribution in [-0.4, -0.2) is 18.5 Å². The Bertz CT molecular complexity index is 645. The Morgan fingerprint density at radius 2 is 1.83 bits per heavy atom. The first kappa shape index (κ1) is 16.2. The summed E-state index contributed by atoms with van der Waals surface area (Å²) in [6.45, 7) is 0.657. The van der Waals surface area contributed by atoms with E-state index in [-0.39, 0.29) is 18.0 Å². The lowest BCUT2D eigenvalue weighted by Gasteiger charge is -2.11. The first-order chi connectivity index (χ1) is 11.2. The molecule has 1 aliphatic heterocycles. The van der Waals surface area contributed by atoms with Gasteiger partial charge in [0.2, 0.25) is 5.91 Å². The summed E-state index contributed by atoms with van der Waals surface area (Å²) in [6.07, 6.45) is 1.60. The Hall–Kier alpha value is -1.69. The van der Waals surface area contributed by atoms with E-state index in [1.54, 1.807) is 0 Å². The molecule has 0 spiro atoms. The molecule has 5 heteroatoms. The van der Waals surface area contributed by atoms with Gasteiger partial charge in [-0.2, -0.15) is 0 Å². The Morgan fingerprint density at radius 1 is 1.09 bits per heavy atom. The van der Waals surface area contributed by atoms with Crippen LogP contribution in [0.4, 0.5) is 0 Å². The molecule has 1 heterocycles. The zero-order chi connectivity index (χ0) is 16.1. The molecule has 2 aromatic carbocycles. The van der Waals surface area contributed by atoms with E-state index in [1.165, 1.54) is 11.1 Å². The van der Waals surface area contributed by atoms with E-state index >= 15 is 0 Å². The molecule has 1 amide bonds. The van der Waals surface area contributed by atoms with Crippen LogP contribution in [0.3, 0.4) is 0 Å². The van der Waals surface area contributed by atoms with Gasteiger partial charge >= 0.3 is 0 Å². The van der Waals surface area contributed by atoms with Crippen LogP contribution in [0.5, 0.6) is 0 Å². The second-order valence-electron chi connectivity index (χ2n) is 5.71. The quantitative estimate of drug-likeness (QED) is 0.755. The van der Waals surface area contributed by atoms with Crippen molar-refractivity contribution in [3.63, 3.8) is 0 Å². The van der Waals surface area contributed by atoms with E-state index in [9.17, 15) is 4.79 Å². The van der Waals surface area contributed by atoms with Crippen LogP contribution in [0.25, 0.3) is 0 Å². The van der Waals surface area contributed by atoms with Gasteiger partial charge in [0.25, 0.3) is 0 Å². The molecule has 0 saturated carbocycles. The van der Waals surface area contributed by atoms with Crippen molar-refractivity contribution in [3.8, 4) is 0 Å². The first-order valence-electron chi connectivity index (χ1n) is 7.80. The highest BCUT2D eigenvalue weighted by atomic mass is 79.9. The molecular formula is C18H20BrN3O. The number of hydrogen-bond acceptors (Lipinski definition) is 3. The Balaban J connectivity index is 1.46. The van der Waals surface area contributed by atoms with Gasteiger partial charge in [-0.1, -0.05) is 58.4 Å². The van der Waals surface area contributed by atoms with E-state index in [1.807, 2.05) is 30.3 Å². The summed E-state index contributed by atoms with van der Waals surface area (Å²) < 4.78 is 1.06. The summed E-state index contributed by atoms with van der Waals surface area (Å²) in [5, 5.41) is 3.01. The summed E-state index contributed by atoms with van der Waals surface area (Å²) in [5.74, 6) is 0.0491. The highest BCUT2D eigenvalue weighted by Crippen LogP contribution is 2.23. The van der Waals surface area contributed by atoms with Crippen molar-refractivity contribution in [2.45, 2.75) is 24.9 Å². The minimum absolute atomic E-state index is 0.0491. The smallest absolute Gasteiger partial charge is 0.238 e. The molecule has 0 radical (unpaired) electrons. The van der Waals surface area contributed by atoms with Gasteiger partial charge in [0.1, 0.15) is 6.04 Å². The molecule has 1 aliphatic rings. The average Bonchev–Trinajstić information content (AvgIpc) is 3.06. The van der Waals surface area contributed by atoms with Gasteiger partial charge in [-0.25, -0.2) is 10.9 Å². The highest BCUT2D eigenvalue weighted by Gasteiger charge is 2.29. The molecule has 2 unspecified atom stereocenters. The number of carbonyl (C=O) groups excluding carboxylic acids is 1. The number of carbonyl (C=O) groups is 1. The monoisotopic (exact) mass is 373 g/mol. The minimum Gasteiger partial charge on any atom is -0.354 e. The lowest BCUT2D eigenvalue weighted by atomic mass is 10.0. The zero-order valence-electron chi connectivity index (χ0n) is 12.8. The lowest BCUT2D eigenvalue weighted by Crippen LogP contribution is -2.43. The Morgan fingerprint density at radius 3 is 2.57 bits per heavy atom. The maximum Gasteiger partial charge on any atom is 0.238 e. The number of amides is 1. The fourth-order valence-corrected chi connectivity index (χ4v) is 3.00. The predicted molar refractivity (Wildman–Crippen MR) is 94.7 cm³/mol. The largest absolute Gasteiger partial charge is 0.354 e. The van der Waals surface area contributed by atoms with Crippen molar-refractivity contribution in [1.82, 2.24) is 16.2 Å². The molecule has 0 aromatic heterocycles. The highest BCUT2D eigenvalue weighted by molar-refractivity contribution is 9.10. The number of rotatable bonds is 5. The molecule has 2 aromatic rings. The molecular weight excluding hydrogens is 354 g/mol. The summed E-state index contributed by atoms with van der Waals surface area (Å²) in [4.78, 5) is 12.2. The molecule has 0 bridgehead atoms. The fourth-order valence-electron chi connectivity index (χ4n) is 2.74. The van der Waals surface area contributed by atoms with Gasteiger partial charge in [-0.3, -0.25) is 4.79 Å². The average molecular weight is 374 g/mol. The number of benzene rings is 2. The molecule has 1 fully saturated rings. The maximum absolute atomic E-state index is 12.2. The number of hydrazine groups is 1. The standard InChI is InChI=1S/C18H20BrN3O/c19-15-8-6-14(7-9-15)16-12-17(22-21-16)18(23)20-11-10-13-4-2-1-3-5-13/h1-9,16-17,21-22H,10-12H2,(H,20,23). The number of nitrogens with one attached hydrogen (secondary N) is 3. The zero-order valence-corrected chi connectivity index (χ0v) is 14.3. The second-order valence-corrected chi connectivity index (χ2v) is 6.62. The molecule has 4 nitrogen and oxygen atoms in total. The van der Waals surface area contributed by atoms with Gasteiger partial charge in [0.15, 0.2) is 0 Å². The molecule has 3 rings (SSSR count). The van der Waals surface area contributed by atoms with Gasteiger partial charge < -0.3 is 5.32 Å².